The Bertz CT molecular complexity index is 138. The van der Waals surface area contributed by atoms with E-state index in [2.05, 4.69) is 19.2 Å². The van der Waals surface area contributed by atoms with Crippen molar-refractivity contribution in [3.8, 4) is 0 Å². The molecule has 1 saturated heterocycles. The lowest BCUT2D eigenvalue weighted by Gasteiger charge is -2.19. The molecule has 0 saturated carbocycles. The zero-order valence-electron chi connectivity index (χ0n) is 6.44. The van der Waals surface area contributed by atoms with E-state index in [0.717, 1.165) is 6.42 Å². The molecule has 0 bridgehead atoms. The second kappa shape index (κ2) is 3.35. The average molecular weight is 164 g/mol. The molecule has 1 N–H and O–H groups in total. The van der Waals surface area contributed by atoms with E-state index >= 15 is 0 Å². The largest absolute Gasteiger partial charge is 0.304 e. The van der Waals surface area contributed by atoms with E-state index in [1.165, 1.54) is 0 Å². The average Bonchev–Trinajstić information content (AvgIpc) is 2.13. The van der Waals surface area contributed by atoms with Crippen molar-refractivity contribution < 1.29 is 4.79 Å². The Morgan fingerprint density at radius 1 is 1.70 bits per heavy atom. The van der Waals surface area contributed by atoms with Crippen LogP contribution in [0.5, 0.6) is 0 Å². The van der Waals surface area contributed by atoms with Crippen molar-refractivity contribution in [3.05, 3.63) is 0 Å². The first-order chi connectivity index (χ1) is 4.16. The van der Waals surface area contributed by atoms with Gasteiger partial charge in [0.15, 0.2) is 0 Å². The maximum Gasteiger partial charge on any atom is 0.148 e. The molecule has 1 unspecified atom stereocenters. The van der Waals surface area contributed by atoms with Crippen molar-refractivity contribution >= 4 is 18.2 Å². The first-order valence-corrected chi connectivity index (χ1v) is 3.43. The van der Waals surface area contributed by atoms with Gasteiger partial charge in [0.1, 0.15) is 5.78 Å². The third-order valence-corrected chi connectivity index (χ3v) is 2.08. The summed E-state index contributed by atoms with van der Waals surface area (Å²) in [5, 5.41) is 3.18. The van der Waals surface area contributed by atoms with Crippen molar-refractivity contribution in [1.82, 2.24) is 5.32 Å². The second-order valence-corrected chi connectivity index (χ2v) is 2.98. The quantitative estimate of drug-likeness (QED) is 0.628. The number of rotatable bonds is 1. The van der Waals surface area contributed by atoms with Crippen LogP contribution in [-0.4, -0.2) is 17.9 Å². The van der Waals surface area contributed by atoms with E-state index < -0.39 is 0 Å². The molecule has 1 aliphatic heterocycles. The number of nitrogens with one attached hydrogen (secondary N) is 1. The molecule has 0 radical (unpaired) electrons. The van der Waals surface area contributed by atoms with E-state index in [4.69, 9.17) is 0 Å². The molecule has 0 spiro atoms. The minimum atomic E-state index is 0. The highest BCUT2D eigenvalue weighted by molar-refractivity contribution is 5.85. The summed E-state index contributed by atoms with van der Waals surface area (Å²) in [5.41, 5.74) is 0.108. The van der Waals surface area contributed by atoms with Crippen molar-refractivity contribution in [2.24, 2.45) is 0 Å². The number of ketones is 1. The van der Waals surface area contributed by atoms with Gasteiger partial charge in [0, 0.05) is 12.0 Å². The molecule has 60 valence electrons. The summed E-state index contributed by atoms with van der Waals surface area (Å²) in [6.07, 6.45) is 1.75. The molecule has 1 rings (SSSR count). The standard InChI is InChI=1S/C7H13NO.ClH/c1-3-7(2)4-6(9)5-8-7;/h8H,3-5H2,1-2H3;1H. The van der Waals surface area contributed by atoms with Crippen LogP contribution in [0.25, 0.3) is 0 Å². The number of hydrogen-bond donors (Lipinski definition) is 1. The van der Waals surface area contributed by atoms with Gasteiger partial charge in [-0.05, 0) is 13.3 Å². The van der Waals surface area contributed by atoms with Gasteiger partial charge < -0.3 is 5.32 Å². The van der Waals surface area contributed by atoms with Gasteiger partial charge in [-0.1, -0.05) is 6.92 Å². The molecule has 1 aliphatic rings. The van der Waals surface area contributed by atoms with E-state index in [1.54, 1.807) is 0 Å². The Balaban J connectivity index is 0.000000810. The number of Topliss-reactive ketones (excluding diaryl/α,β-unsaturated/α-hetero) is 1. The highest BCUT2D eigenvalue weighted by Gasteiger charge is 2.30. The SMILES string of the molecule is CCC1(C)CC(=O)CN1.Cl. The second-order valence-electron chi connectivity index (χ2n) is 2.98. The van der Waals surface area contributed by atoms with Crippen molar-refractivity contribution in [1.29, 1.82) is 0 Å². The predicted octanol–water partition coefficient (Wildman–Crippen LogP) is 1.14. The van der Waals surface area contributed by atoms with E-state index in [0.29, 0.717) is 18.7 Å². The van der Waals surface area contributed by atoms with Crippen molar-refractivity contribution in [2.45, 2.75) is 32.2 Å². The van der Waals surface area contributed by atoms with Gasteiger partial charge in [-0.25, -0.2) is 0 Å². The number of carbonyl (C=O) groups is 1. The normalized spacial score (nSPS) is 32.0. The van der Waals surface area contributed by atoms with Crippen LogP contribution >= 0.6 is 12.4 Å². The van der Waals surface area contributed by atoms with Crippen LogP contribution < -0.4 is 5.32 Å². The van der Waals surface area contributed by atoms with Crippen molar-refractivity contribution in [3.63, 3.8) is 0 Å². The third-order valence-electron chi connectivity index (χ3n) is 2.08. The number of carbonyl (C=O) groups excluding carboxylic acids is 1. The molecule has 1 fully saturated rings. The van der Waals surface area contributed by atoms with Crippen LogP contribution in [0.3, 0.4) is 0 Å². The topological polar surface area (TPSA) is 29.1 Å². The van der Waals surface area contributed by atoms with Crippen molar-refractivity contribution in [2.75, 3.05) is 6.54 Å². The zero-order chi connectivity index (χ0) is 6.91. The lowest BCUT2D eigenvalue weighted by atomic mass is 9.97. The molecule has 10 heavy (non-hydrogen) atoms. The molecule has 0 amide bonds. The molecule has 0 aromatic rings. The van der Waals surface area contributed by atoms with Crippen LogP contribution in [-0.2, 0) is 4.79 Å². The first kappa shape index (κ1) is 9.92. The molecule has 1 heterocycles. The predicted molar refractivity (Wildman–Crippen MR) is 43.6 cm³/mol. The zero-order valence-corrected chi connectivity index (χ0v) is 7.25. The van der Waals surface area contributed by atoms with E-state index in [-0.39, 0.29) is 17.9 Å². The molecule has 0 aromatic carbocycles. The fourth-order valence-corrected chi connectivity index (χ4v) is 1.12. The summed E-state index contributed by atoms with van der Waals surface area (Å²) < 4.78 is 0. The van der Waals surface area contributed by atoms with Gasteiger partial charge in [0.05, 0.1) is 6.54 Å². The highest BCUT2D eigenvalue weighted by Crippen LogP contribution is 2.18. The maximum absolute atomic E-state index is 10.8. The van der Waals surface area contributed by atoms with Gasteiger partial charge >= 0.3 is 0 Å². The Morgan fingerprint density at radius 2 is 2.30 bits per heavy atom. The summed E-state index contributed by atoms with van der Waals surface area (Å²) in [6.45, 7) is 4.77. The Labute approximate surface area is 67.8 Å². The fourth-order valence-electron chi connectivity index (χ4n) is 1.12. The number of hydrogen-bond acceptors (Lipinski definition) is 2. The molecule has 1 atom stereocenters. The molecule has 2 nitrogen and oxygen atoms in total. The minimum absolute atomic E-state index is 0. The fraction of sp³-hybridized carbons (Fsp3) is 0.857. The summed E-state index contributed by atoms with van der Waals surface area (Å²) in [4.78, 5) is 10.8. The summed E-state index contributed by atoms with van der Waals surface area (Å²) in [7, 11) is 0. The van der Waals surface area contributed by atoms with Gasteiger partial charge in [-0.3, -0.25) is 4.79 Å². The molecule has 3 heteroatoms. The van der Waals surface area contributed by atoms with Gasteiger partial charge in [-0.2, -0.15) is 0 Å². The molecule has 0 aromatic heterocycles. The molecular formula is C7H14ClNO. The Hall–Kier alpha value is -0.0800. The van der Waals surface area contributed by atoms with Gasteiger partial charge in [0.25, 0.3) is 0 Å². The van der Waals surface area contributed by atoms with Gasteiger partial charge in [-0.15, -0.1) is 12.4 Å². The van der Waals surface area contributed by atoms with Crippen LogP contribution in [0.15, 0.2) is 0 Å². The van der Waals surface area contributed by atoms with Crippen LogP contribution in [0.2, 0.25) is 0 Å². The maximum atomic E-state index is 10.8. The van der Waals surface area contributed by atoms with Gasteiger partial charge in [0.2, 0.25) is 0 Å². The summed E-state index contributed by atoms with van der Waals surface area (Å²) >= 11 is 0. The van der Waals surface area contributed by atoms with Crippen LogP contribution in [0.1, 0.15) is 26.7 Å². The monoisotopic (exact) mass is 163 g/mol. The van der Waals surface area contributed by atoms with Crippen LogP contribution in [0.4, 0.5) is 0 Å². The number of halogens is 1. The third kappa shape index (κ3) is 1.96. The summed E-state index contributed by atoms with van der Waals surface area (Å²) in [5.74, 6) is 0.347. The smallest absolute Gasteiger partial charge is 0.148 e. The van der Waals surface area contributed by atoms with Crippen LogP contribution in [0, 0.1) is 0 Å². The Kier molecular flexibility index (Phi) is 3.33. The molecule has 0 aliphatic carbocycles. The molecular weight excluding hydrogens is 150 g/mol. The minimum Gasteiger partial charge on any atom is -0.304 e. The highest BCUT2D eigenvalue weighted by atomic mass is 35.5. The first-order valence-electron chi connectivity index (χ1n) is 3.43. The Morgan fingerprint density at radius 3 is 2.50 bits per heavy atom. The lowest BCUT2D eigenvalue weighted by Crippen LogP contribution is -2.34. The summed E-state index contributed by atoms with van der Waals surface area (Å²) in [6, 6.07) is 0. The van der Waals surface area contributed by atoms with E-state index in [1.807, 2.05) is 0 Å². The van der Waals surface area contributed by atoms with E-state index in [9.17, 15) is 4.79 Å². The lowest BCUT2D eigenvalue weighted by molar-refractivity contribution is -0.116.